The third kappa shape index (κ3) is 2.97. The number of benzene rings is 1. The average Bonchev–Trinajstić information content (AvgIpc) is 2.96. The van der Waals surface area contributed by atoms with Gasteiger partial charge >= 0.3 is 0 Å². The van der Waals surface area contributed by atoms with Crippen LogP contribution in [0.3, 0.4) is 0 Å². The Balaban J connectivity index is 2.23. The van der Waals surface area contributed by atoms with Crippen molar-refractivity contribution < 1.29 is 9.53 Å². The van der Waals surface area contributed by atoms with Crippen molar-refractivity contribution in [3.05, 3.63) is 40.4 Å². The molecule has 0 bridgehead atoms. The molecule has 1 amide bonds. The molecular weight excluding hydrogens is 320 g/mol. The Hall–Kier alpha value is -2.83. The molecule has 0 aliphatic carbocycles. The number of fused-ring (bicyclic) bond motifs is 3. The van der Waals surface area contributed by atoms with Crippen LogP contribution in [0.4, 0.5) is 0 Å². The van der Waals surface area contributed by atoms with Crippen LogP contribution in [0.25, 0.3) is 16.4 Å². The Kier molecular flexibility index (Phi) is 4.48. The SMILES string of the molecule is CCc1nn(CC(=O)NC(C)C)c(=O)c2cc3c(OC)cccc3n12. The van der Waals surface area contributed by atoms with Crippen molar-refractivity contribution in [3.8, 4) is 5.75 Å². The molecule has 0 atom stereocenters. The van der Waals surface area contributed by atoms with Gasteiger partial charge in [0.25, 0.3) is 5.56 Å². The summed E-state index contributed by atoms with van der Waals surface area (Å²) in [6, 6.07) is 7.48. The molecule has 0 saturated carbocycles. The van der Waals surface area contributed by atoms with Crippen LogP contribution in [0.1, 0.15) is 26.6 Å². The predicted molar refractivity (Wildman–Crippen MR) is 96.2 cm³/mol. The summed E-state index contributed by atoms with van der Waals surface area (Å²) in [5.74, 6) is 1.19. The van der Waals surface area contributed by atoms with E-state index in [0.717, 1.165) is 16.7 Å². The fraction of sp³-hybridized carbons (Fsp3) is 0.389. The molecule has 0 radical (unpaired) electrons. The number of ether oxygens (including phenoxy) is 1. The number of carbonyl (C=O) groups excluding carboxylic acids is 1. The lowest BCUT2D eigenvalue weighted by Gasteiger charge is -2.12. The van der Waals surface area contributed by atoms with Crippen LogP contribution in [-0.2, 0) is 17.8 Å². The van der Waals surface area contributed by atoms with Gasteiger partial charge in [0, 0.05) is 17.8 Å². The number of aromatic nitrogens is 3. The lowest BCUT2D eigenvalue weighted by Crippen LogP contribution is -2.37. The molecule has 0 fully saturated rings. The van der Waals surface area contributed by atoms with Crippen LogP contribution in [0.15, 0.2) is 29.1 Å². The van der Waals surface area contributed by atoms with E-state index in [4.69, 9.17) is 4.74 Å². The number of methoxy groups -OCH3 is 1. The van der Waals surface area contributed by atoms with Gasteiger partial charge in [0.2, 0.25) is 5.91 Å². The number of amides is 1. The van der Waals surface area contributed by atoms with E-state index in [1.54, 1.807) is 13.2 Å². The summed E-state index contributed by atoms with van der Waals surface area (Å²) in [5, 5.41) is 8.04. The Morgan fingerprint density at radius 1 is 1.32 bits per heavy atom. The molecule has 0 saturated heterocycles. The molecule has 0 aliphatic heterocycles. The minimum absolute atomic E-state index is 0.0118. The maximum Gasteiger partial charge on any atom is 0.291 e. The Morgan fingerprint density at radius 2 is 2.08 bits per heavy atom. The molecule has 3 rings (SSSR count). The minimum atomic E-state index is -0.297. The van der Waals surface area contributed by atoms with E-state index in [-0.39, 0.29) is 24.1 Å². The molecular formula is C18H22N4O3. The van der Waals surface area contributed by atoms with Gasteiger partial charge in [-0.15, -0.1) is 0 Å². The second-order valence-corrected chi connectivity index (χ2v) is 6.21. The van der Waals surface area contributed by atoms with E-state index in [9.17, 15) is 9.59 Å². The van der Waals surface area contributed by atoms with Gasteiger partial charge < -0.3 is 10.1 Å². The van der Waals surface area contributed by atoms with Crippen LogP contribution in [0.5, 0.6) is 5.75 Å². The molecule has 3 aromatic rings. The van der Waals surface area contributed by atoms with Gasteiger partial charge in [0.05, 0.1) is 12.6 Å². The summed E-state index contributed by atoms with van der Waals surface area (Å²) < 4.78 is 8.48. The highest BCUT2D eigenvalue weighted by Gasteiger charge is 2.17. The monoisotopic (exact) mass is 342 g/mol. The topological polar surface area (TPSA) is 77.6 Å². The van der Waals surface area contributed by atoms with Crippen molar-refractivity contribution in [2.75, 3.05) is 7.11 Å². The molecule has 0 aliphatic rings. The van der Waals surface area contributed by atoms with Gasteiger partial charge in [-0.2, -0.15) is 5.10 Å². The summed E-state index contributed by atoms with van der Waals surface area (Å²) in [4.78, 5) is 24.9. The summed E-state index contributed by atoms with van der Waals surface area (Å²) in [7, 11) is 1.60. The first-order valence-electron chi connectivity index (χ1n) is 8.33. The fourth-order valence-corrected chi connectivity index (χ4v) is 3.02. The van der Waals surface area contributed by atoms with Crippen LogP contribution in [-0.4, -0.2) is 33.2 Å². The highest BCUT2D eigenvalue weighted by atomic mass is 16.5. The van der Waals surface area contributed by atoms with Crippen LogP contribution in [0.2, 0.25) is 0 Å². The first kappa shape index (κ1) is 17.0. The zero-order chi connectivity index (χ0) is 18.1. The van der Waals surface area contributed by atoms with E-state index in [1.165, 1.54) is 4.68 Å². The fourth-order valence-electron chi connectivity index (χ4n) is 3.02. The maximum atomic E-state index is 12.8. The lowest BCUT2D eigenvalue weighted by molar-refractivity contribution is -0.122. The van der Waals surface area contributed by atoms with Gasteiger partial charge in [-0.1, -0.05) is 13.0 Å². The summed E-state index contributed by atoms with van der Waals surface area (Å²) in [6.07, 6.45) is 0.629. The standard InChI is InChI=1S/C18H22N4O3/c1-5-16-20-21(10-17(23)19-11(2)3)18(24)14-9-12-13(22(14)16)7-6-8-15(12)25-4/h6-9,11H,5,10H2,1-4H3,(H,19,23). The number of carbonyl (C=O) groups is 1. The molecule has 1 N–H and O–H groups in total. The van der Waals surface area contributed by atoms with Crippen molar-refractivity contribution in [2.24, 2.45) is 0 Å². The predicted octanol–water partition coefficient (Wildman–Crippen LogP) is 1.74. The van der Waals surface area contributed by atoms with Crippen molar-refractivity contribution in [3.63, 3.8) is 0 Å². The van der Waals surface area contributed by atoms with E-state index in [2.05, 4.69) is 10.4 Å². The zero-order valence-corrected chi connectivity index (χ0v) is 14.9. The van der Waals surface area contributed by atoms with Crippen molar-refractivity contribution >= 4 is 22.3 Å². The number of hydrogen-bond donors (Lipinski definition) is 1. The van der Waals surface area contributed by atoms with Gasteiger partial charge in [0.1, 0.15) is 23.6 Å². The maximum absolute atomic E-state index is 12.8. The van der Waals surface area contributed by atoms with Crippen molar-refractivity contribution in [1.82, 2.24) is 19.5 Å². The summed E-state index contributed by atoms with van der Waals surface area (Å²) in [5.41, 5.74) is 1.06. The van der Waals surface area contributed by atoms with E-state index < -0.39 is 0 Å². The molecule has 0 spiro atoms. The number of hydrogen-bond acceptors (Lipinski definition) is 4. The van der Waals surface area contributed by atoms with Crippen LogP contribution >= 0.6 is 0 Å². The number of nitrogens with zero attached hydrogens (tertiary/aromatic N) is 3. The average molecular weight is 342 g/mol. The van der Waals surface area contributed by atoms with Crippen molar-refractivity contribution in [2.45, 2.75) is 39.8 Å². The quantitative estimate of drug-likeness (QED) is 0.766. The third-order valence-corrected chi connectivity index (χ3v) is 4.03. The molecule has 7 heteroatoms. The summed E-state index contributed by atoms with van der Waals surface area (Å²) >= 11 is 0. The molecule has 2 heterocycles. The Labute approximate surface area is 145 Å². The number of aryl methyl sites for hydroxylation is 1. The zero-order valence-electron chi connectivity index (χ0n) is 14.9. The van der Waals surface area contributed by atoms with Crippen LogP contribution in [0, 0.1) is 0 Å². The molecule has 0 unspecified atom stereocenters. The molecule has 7 nitrogen and oxygen atoms in total. The second kappa shape index (κ2) is 6.58. The summed E-state index contributed by atoms with van der Waals surface area (Å²) in [6.45, 7) is 5.62. The second-order valence-electron chi connectivity index (χ2n) is 6.21. The van der Waals surface area contributed by atoms with E-state index >= 15 is 0 Å². The normalized spacial score (nSPS) is 11.4. The van der Waals surface area contributed by atoms with Crippen molar-refractivity contribution in [1.29, 1.82) is 0 Å². The minimum Gasteiger partial charge on any atom is -0.496 e. The van der Waals surface area contributed by atoms with E-state index in [1.807, 2.05) is 43.4 Å². The first-order chi connectivity index (χ1) is 12.0. The van der Waals surface area contributed by atoms with Gasteiger partial charge in [0.15, 0.2) is 0 Å². The van der Waals surface area contributed by atoms with Gasteiger partial charge in [-0.05, 0) is 32.0 Å². The van der Waals surface area contributed by atoms with Gasteiger partial charge in [-0.25, -0.2) is 4.68 Å². The molecule has 1 aromatic carbocycles. The largest absolute Gasteiger partial charge is 0.496 e. The lowest BCUT2D eigenvalue weighted by atomic mass is 10.2. The van der Waals surface area contributed by atoms with E-state index in [0.29, 0.717) is 17.7 Å². The number of nitrogens with one attached hydrogen (secondary N) is 1. The highest BCUT2D eigenvalue weighted by Crippen LogP contribution is 2.28. The van der Waals surface area contributed by atoms with Crippen LogP contribution < -0.4 is 15.6 Å². The first-order valence-corrected chi connectivity index (χ1v) is 8.33. The third-order valence-electron chi connectivity index (χ3n) is 4.03. The number of rotatable bonds is 5. The smallest absolute Gasteiger partial charge is 0.291 e. The molecule has 25 heavy (non-hydrogen) atoms. The van der Waals surface area contributed by atoms with Gasteiger partial charge in [-0.3, -0.25) is 14.0 Å². The Morgan fingerprint density at radius 3 is 2.72 bits per heavy atom. The highest BCUT2D eigenvalue weighted by molar-refractivity contribution is 5.92. The molecule has 132 valence electrons. The Bertz CT molecular complexity index is 1000. The molecule has 2 aromatic heterocycles.